The van der Waals surface area contributed by atoms with Gasteiger partial charge in [0.2, 0.25) is 0 Å². The summed E-state index contributed by atoms with van der Waals surface area (Å²) in [7, 11) is 0. The molecule has 9 nitrogen and oxygen atoms in total. The van der Waals surface area contributed by atoms with Crippen LogP contribution in [0, 0.1) is 0 Å². The number of halogens is 2. The van der Waals surface area contributed by atoms with E-state index in [-0.39, 0.29) is 5.50 Å². The fourth-order valence-electron chi connectivity index (χ4n) is 2.53. The number of anilines is 1. The third-order valence-electron chi connectivity index (χ3n) is 3.95. The molecule has 0 saturated carbocycles. The Morgan fingerprint density at radius 3 is 2.48 bits per heavy atom. The van der Waals surface area contributed by atoms with Crippen LogP contribution in [0.1, 0.15) is 6.92 Å². The van der Waals surface area contributed by atoms with Crippen molar-refractivity contribution in [2.75, 3.05) is 43.6 Å². The van der Waals surface area contributed by atoms with E-state index in [2.05, 4.69) is 15.3 Å². The van der Waals surface area contributed by atoms with Gasteiger partial charge < -0.3 is 14.9 Å². The van der Waals surface area contributed by atoms with Crippen LogP contribution in [-0.4, -0.2) is 77.0 Å². The Kier molecular flexibility index (Phi) is 9.31. The second-order valence-electron chi connectivity index (χ2n) is 6.06. The number of aliphatic carboxylic acids is 2. The van der Waals surface area contributed by atoms with Crippen LogP contribution in [0.25, 0.3) is 0 Å². The van der Waals surface area contributed by atoms with Crippen LogP contribution in [0.4, 0.5) is 5.69 Å². The fourth-order valence-corrected chi connectivity index (χ4v) is 3.96. The van der Waals surface area contributed by atoms with E-state index < -0.39 is 11.9 Å². The van der Waals surface area contributed by atoms with E-state index in [9.17, 15) is 0 Å². The lowest BCUT2D eigenvalue weighted by atomic mass is 10.3. The molecule has 2 aliphatic heterocycles. The highest BCUT2D eigenvalue weighted by atomic mass is 35.5. The molecular weight excluding hydrogens is 443 g/mol. The summed E-state index contributed by atoms with van der Waals surface area (Å²) in [6.07, 6.45) is 0. The molecule has 2 aliphatic rings. The minimum atomic E-state index is -1.82. The first kappa shape index (κ1) is 23.6. The topological polar surface area (TPSA) is 115 Å². The Labute approximate surface area is 182 Å². The van der Waals surface area contributed by atoms with Gasteiger partial charge in [-0.2, -0.15) is 0 Å². The molecule has 0 radical (unpaired) electrons. The number of hydrazine groups is 1. The number of carboxylic acid groups (broad SMARTS) is 2. The number of aliphatic imine (C=N–C) groups is 1. The van der Waals surface area contributed by atoms with E-state index in [4.69, 9.17) is 47.7 Å². The highest BCUT2D eigenvalue weighted by Crippen LogP contribution is 2.31. The molecule has 3 N–H and O–H groups in total. The average molecular weight is 465 g/mol. The minimum Gasteiger partial charge on any atom is -0.473 e. The van der Waals surface area contributed by atoms with Crippen LogP contribution in [-0.2, 0) is 14.3 Å². The zero-order chi connectivity index (χ0) is 21.4. The van der Waals surface area contributed by atoms with Gasteiger partial charge in [-0.25, -0.2) is 14.6 Å². The summed E-state index contributed by atoms with van der Waals surface area (Å²) >= 11 is 13.9. The van der Waals surface area contributed by atoms with E-state index in [1.807, 2.05) is 41.9 Å². The summed E-state index contributed by atoms with van der Waals surface area (Å²) in [5, 5.41) is 17.9. The highest BCUT2D eigenvalue weighted by Gasteiger charge is 2.25. The van der Waals surface area contributed by atoms with Gasteiger partial charge in [0.25, 0.3) is 0 Å². The molecular formula is C17H22Cl2N4O5S. The third kappa shape index (κ3) is 7.56. The number of hydrogen-bond donors (Lipinski definition) is 3. The summed E-state index contributed by atoms with van der Waals surface area (Å²) in [5.74, 6) is -1.73. The molecule has 0 aliphatic carbocycles. The first-order valence-electron chi connectivity index (χ1n) is 8.71. The van der Waals surface area contributed by atoms with E-state index >= 15 is 0 Å². The molecule has 1 atom stereocenters. The third-order valence-corrected chi connectivity index (χ3v) is 5.72. The number of carboxylic acids is 2. The quantitative estimate of drug-likeness (QED) is 0.564. The Morgan fingerprint density at radius 1 is 1.24 bits per heavy atom. The van der Waals surface area contributed by atoms with Crippen molar-refractivity contribution < 1.29 is 24.5 Å². The van der Waals surface area contributed by atoms with E-state index in [1.54, 1.807) is 0 Å². The molecule has 0 spiro atoms. The van der Waals surface area contributed by atoms with E-state index in [1.165, 1.54) is 0 Å². The molecule has 1 unspecified atom stereocenters. The molecule has 3 rings (SSSR count). The predicted molar refractivity (Wildman–Crippen MR) is 114 cm³/mol. The molecule has 0 bridgehead atoms. The number of nitrogens with one attached hydrogen (secondary N) is 1. The lowest BCUT2D eigenvalue weighted by Crippen LogP contribution is -2.40. The number of rotatable bonds is 5. The number of carbonyl (C=O) groups is 2. The van der Waals surface area contributed by atoms with Crippen molar-refractivity contribution >= 4 is 58.4 Å². The molecule has 0 aromatic heterocycles. The van der Waals surface area contributed by atoms with Crippen molar-refractivity contribution in [3.63, 3.8) is 0 Å². The molecule has 1 fully saturated rings. The Bertz CT molecular complexity index is 749. The van der Waals surface area contributed by atoms with Gasteiger partial charge in [0.05, 0.1) is 28.9 Å². The smallest absolute Gasteiger partial charge is 0.414 e. The standard InChI is InChI=1S/C15H20Cl2N4OS.C2H2O4/c1-11-18-15(23-9-6-20-4-7-22-8-5-20)21(19-11)12-2-3-13(16)14(17)10-12;3-1(4)2(5)6/h2-3,10,15H,4-9H2,1H3,(H,18,19);(H,3,4)(H,5,6). The van der Waals surface area contributed by atoms with Crippen LogP contribution < -0.4 is 10.4 Å². The predicted octanol–water partition coefficient (Wildman–Crippen LogP) is 2.24. The van der Waals surface area contributed by atoms with Gasteiger partial charge in [-0.05, 0) is 25.1 Å². The van der Waals surface area contributed by atoms with Gasteiger partial charge in [-0.15, -0.1) is 11.8 Å². The van der Waals surface area contributed by atoms with Gasteiger partial charge in [0.15, 0.2) is 5.50 Å². The number of thioether (sulfide) groups is 1. The second kappa shape index (κ2) is 11.5. The molecule has 160 valence electrons. The maximum Gasteiger partial charge on any atom is 0.414 e. The fraction of sp³-hybridized carbons (Fsp3) is 0.471. The van der Waals surface area contributed by atoms with Gasteiger partial charge in [-0.1, -0.05) is 23.2 Å². The molecule has 12 heteroatoms. The minimum absolute atomic E-state index is 0.00767. The number of amidine groups is 1. The van der Waals surface area contributed by atoms with Crippen LogP contribution in [0.3, 0.4) is 0 Å². The monoisotopic (exact) mass is 464 g/mol. The summed E-state index contributed by atoms with van der Waals surface area (Å²) < 4.78 is 5.38. The van der Waals surface area contributed by atoms with Crippen LogP contribution in [0.2, 0.25) is 10.0 Å². The lowest BCUT2D eigenvalue weighted by Gasteiger charge is -2.28. The van der Waals surface area contributed by atoms with E-state index in [0.717, 1.165) is 50.1 Å². The Balaban J connectivity index is 0.000000438. The van der Waals surface area contributed by atoms with Crippen molar-refractivity contribution in [3.05, 3.63) is 28.2 Å². The van der Waals surface area contributed by atoms with Crippen molar-refractivity contribution in [2.45, 2.75) is 12.4 Å². The number of ether oxygens (including phenoxy) is 1. The van der Waals surface area contributed by atoms with Crippen molar-refractivity contribution in [3.8, 4) is 0 Å². The largest absolute Gasteiger partial charge is 0.473 e. The number of nitrogens with zero attached hydrogens (tertiary/aromatic N) is 3. The zero-order valence-electron chi connectivity index (χ0n) is 15.7. The lowest BCUT2D eigenvalue weighted by molar-refractivity contribution is -0.159. The van der Waals surface area contributed by atoms with Crippen molar-refractivity contribution in [1.29, 1.82) is 0 Å². The number of morpholine rings is 1. The number of hydrogen-bond acceptors (Lipinski definition) is 8. The molecule has 1 saturated heterocycles. The van der Waals surface area contributed by atoms with Crippen molar-refractivity contribution in [1.82, 2.24) is 10.3 Å². The van der Waals surface area contributed by atoms with E-state index in [0.29, 0.717) is 10.0 Å². The molecule has 2 heterocycles. The van der Waals surface area contributed by atoms with Crippen LogP contribution in [0.15, 0.2) is 23.2 Å². The number of benzene rings is 1. The highest BCUT2D eigenvalue weighted by molar-refractivity contribution is 8.00. The summed E-state index contributed by atoms with van der Waals surface area (Å²) in [4.78, 5) is 25.3. The van der Waals surface area contributed by atoms with Crippen LogP contribution in [0.5, 0.6) is 0 Å². The summed E-state index contributed by atoms with van der Waals surface area (Å²) in [6, 6.07) is 5.62. The molecule has 0 amide bonds. The zero-order valence-corrected chi connectivity index (χ0v) is 18.0. The van der Waals surface area contributed by atoms with Gasteiger partial charge in [0.1, 0.15) is 5.84 Å². The van der Waals surface area contributed by atoms with Gasteiger partial charge in [0, 0.05) is 25.4 Å². The second-order valence-corrected chi connectivity index (χ2v) is 8.03. The normalized spacial score (nSPS) is 19.1. The maximum absolute atomic E-state index is 9.10. The molecule has 1 aromatic carbocycles. The van der Waals surface area contributed by atoms with Gasteiger partial charge in [-0.3, -0.25) is 15.3 Å². The average Bonchev–Trinajstić information content (AvgIpc) is 3.06. The summed E-state index contributed by atoms with van der Waals surface area (Å²) in [6.45, 7) is 6.72. The Morgan fingerprint density at radius 2 is 1.90 bits per heavy atom. The molecule has 29 heavy (non-hydrogen) atoms. The maximum atomic E-state index is 9.10. The van der Waals surface area contributed by atoms with Gasteiger partial charge >= 0.3 is 11.9 Å². The van der Waals surface area contributed by atoms with Crippen LogP contribution >= 0.6 is 35.0 Å². The Hall–Kier alpha value is -1.72. The first-order chi connectivity index (χ1) is 13.8. The summed E-state index contributed by atoms with van der Waals surface area (Å²) in [5.41, 5.74) is 4.25. The van der Waals surface area contributed by atoms with Crippen molar-refractivity contribution in [2.24, 2.45) is 4.99 Å². The first-order valence-corrected chi connectivity index (χ1v) is 10.5. The molecule has 1 aromatic rings. The SMILES string of the molecule is CC1=NC(SCCN2CCOCC2)N(c2ccc(Cl)c(Cl)c2)N1.O=C(O)C(=O)O.